The van der Waals surface area contributed by atoms with Crippen LogP contribution in [0.4, 0.5) is 24.8 Å². The molecule has 0 bridgehead atoms. The summed E-state index contributed by atoms with van der Waals surface area (Å²) in [6, 6.07) is 11.5. The minimum absolute atomic E-state index is 0.0901. The first-order valence-corrected chi connectivity index (χ1v) is 7.41. The first kappa shape index (κ1) is 15.4. The second kappa shape index (κ2) is 6.70. The molecule has 0 unspecified atom stereocenters. The molecule has 0 saturated heterocycles. The number of benzene rings is 2. The SMILES string of the molecule is Fc1cc(Sc2ccccc2)c(Nc2ncccn2)c(F)c1F. The minimum Gasteiger partial charge on any atom is -0.321 e. The van der Waals surface area contributed by atoms with E-state index in [1.165, 1.54) is 12.4 Å². The van der Waals surface area contributed by atoms with Crippen molar-refractivity contribution in [3.63, 3.8) is 0 Å². The Morgan fingerprint density at radius 3 is 2.26 bits per heavy atom. The molecule has 2 aromatic carbocycles. The Hall–Kier alpha value is -2.54. The van der Waals surface area contributed by atoms with Gasteiger partial charge in [0.25, 0.3) is 0 Å². The molecule has 0 aliphatic rings. The lowest BCUT2D eigenvalue weighted by Gasteiger charge is -2.12. The van der Waals surface area contributed by atoms with E-state index < -0.39 is 17.5 Å². The van der Waals surface area contributed by atoms with E-state index in [9.17, 15) is 13.2 Å². The zero-order valence-corrected chi connectivity index (χ0v) is 12.4. The van der Waals surface area contributed by atoms with Gasteiger partial charge in [0, 0.05) is 22.2 Å². The van der Waals surface area contributed by atoms with Gasteiger partial charge < -0.3 is 5.32 Å². The summed E-state index contributed by atoms with van der Waals surface area (Å²) in [5, 5.41) is 2.60. The second-order valence-electron chi connectivity index (χ2n) is 4.47. The Kier molecular flexibility index (Phi) is 4.47. The Morgan fingerprint density at radius 1 is 0.870 bits per heavy atom. The van der Waals surface area contributed by atoms with Gasteiger partial charge in [0.2, 0.25) is 5.95 Å². The van der Waals surface area contributed by atoms with Gasteiger partial charge in [-0.2, -0.15) is 0 Å². The summed E-state index contributed by atoms with van der Waals surface area (Å²) < 4.78 is 41.3. The molecule has 0 spiro atoms. The standard InChI is InChI=1S/C16H10F3N3S/c17-11-9-12(23-10-5-2-1-3-6-10)15(14(19)13(11)18)22-16-20-7-4-8-21-16/h1-9H,(H,20,21,22). The Morgan fingerprint density at radius 2 is 1.57 bits per heavy atom. The number of anilines is 2. The van der Waals surface area contributed by atoms with Gasteiger partial charge in [0.05, 0.1) is 5.69 Å². The van der Waals surface area contributed by atoms with Gasteiger partial charge in [-0.05, 0) is 24.3 Å². The second-order valence-corrected chi connectivity index (χ2v) is 5.59. The van der Waals surface area contributed by atoms with Crippen molar-refractivity contribution in [2.75, 3.05) is 5.32 Å². The normalized spacial score (nSPS) is 10.6. The van der Waals surface area contributed by atoms with Crippen LogP contribution in [0.2, 0.25) is 0 Å². The fourth-order valence-corrected chi connectivity index (χ4v) is 2.81. The van der Waals surface area contributed by atoms with Crippen molar-refractivity contribution in [2.24, 2.45) is 0 Å². The van der Waals surface area contributed by atoms with E-state index in [0.717, 1.165) is 22.7 Å². The van der Waals surface area contributed by atoms with Gasteiger partial charge in [0.1, 0.15) is 0 Å². The summed E-state index contributed by atoms with van der Waals surface area (Å²) in [4.78, 5) is 8.76. The van der Waals surface area contributed by atoms with Crippen LogP contribution in [0, 0.1) is 17.5 Å². The maximum Gasteiger partial charge on any atom is 0.227 e. The number of hydrogen-bond acceptors (Lipinski definition) is 4. The van der Waals surface area contributed by atoms with E-state index in [-0.39, 0.29) is 16.5 Å². The fourth-order valence-electron chi connectivity index (χ4n) is 1.86. The van der Waals surface area contributed by atoms with Crippen LogP contribution in [0.5, 0.6) is 0 Å². The molecular weight excluding hydrogens is 323 g/mol. The molecule has 0 aliphatic heterocycles. The molecule has 0 amide bonds. The molecular formula is C16H10F3N3S. The molecule has 0 fully saturated rings. The van der Waals surface area contributed by atoms with Crippen molar-refractivity contribution in [1.29, 1.82) is 0 Å². The first-order chi connectivity index (χ1) is 11.1. The highest BCUT2D eigenvalue weighted by Crippen LogP contribution is 2.37. The number of nitrogens with one attached hydrogen (secondary N) is 1. The topological polar surface area (TPSA) is 37.8 Å². The highest BCUT2D eigenvalue weighted by Gasteiger charge is 2.20. The third-order valence-corrected chi connectivity index (χ3v) is 3.95. The van der Waals surface area contributed by atoms with Crippen molar-refractivity contribution < 1.29 is 13.2 Å². The van der Waals surface area contributed by atoms with Crippen LogP contribution in [0.3, 0.4) is 0 Å². The van der Waals surface area contributed by atoms with Crippen molar-refractivity contribution >= 4 is 23.4 Å². The quantitative estimate of drug-likeness (QED) is 0.697. The highest BCUT2D eigenvalue weighted by atomic mass is 32.2. The lowest BCUT2D eigenvalue weighted by molar-refractivity contribution is 0.446. The minimum atomic E-state index is -1.54. The smallest absolute Gasteiger partial charge is 0.227 e. The maximum absolute atomic E-state index is 14.2. The molecule has 7 heteroatoms. The molecule has 0 saturated carbocycles. The number of halogens is 3. The third-order valence-electron chi connectivity index (χ3n) is 2.90. The largest absolute Gasteiger partial charge is 0.321 e. The lowest BCUT2D eigenvalue weighted by atomic mass is 10.2. The molecule has 0 radical (unpaired) electrons. The molecule has 3 aromatic rings. The number of rotatable bonds is 4. The van der Waals surface area contributed by atoms with Gasteiger partial charge in [0.15, 0.2) is 17.5 Å². The summed E-state index contributed by atoms with van der Waals surface area (Å²) in [7, 11) is 0. The van der Waals surface area contributed by atoms with Crippen molar-refractivity contribution in [2.45, 2.75) is 9.79 Å². The Labute approximate surface area is 134 Å². The molecule has 116 valence electrons. The van der Waals surface area contributed by atoms with E-state index in [1.807, 2.05) is 6.07 Å². The first-order valence-electron chi connectivity index (χ1n) is 6.59. The van der Waals surface area contributed by atoms with E-state index in [4.69, 9.17) is 0 Å². The Balaban J connectivity index is 2.03. The van der Waals surface area contributed by atoms with Gasteiger partial charge in [-0.1, -0.05) is 30.0 Å². The van der Waals surface area contributed by atoms with Crippen LogP contribution < -0.4 is 5.32 Å². The molecule has 0 aliphatic carbocycles. The summed E-state index contributed by atoms with van der Waals surface area (Å²) >= 11 is 1.11. The van der Waals surface area contributed by atoms with Crippen molar-refractivity contribution in [3.05, 3.63) is 72.3 Å². The van der Waals surface area contributed by atoms with Crippen LogP contribution in [-0.2, 0) is 0 Å². The van der Waals surface area contributed by atoms with Crippen LogP contribution in [0.25, 0.3) is 0 Å². The number of nitrogens with zero attached hydrogens (tertiary/aromatic N) is 2. The summed E-state index contributed by atoms with van der Waals surface area (Å²) in [6.07, 6.45) is 2.91. The van der Waals surface area contributed by atoms with Gasteiger partial charge in [-0.3, -0.25) is 0 Å². The molecule has 23 heavy (non-hydrogen) atoms. The molecule has 1 aromatic heterocycles. The van der Waals surface area contributed by atoms with Crippen LogP contribution in [0.1, 0.15) is 0 Å². The third kappa shape index (κ3) is 3.45. The zero-order valence-electron chi connectivity index (χ0n) is 11.6. The molecule has 3 nitrogen and oxygen atoms in total. The summed E-state index contributed by atoms with van der Waals surface area (Å²) in [5.41, 5.74) is -0.205. The lowest BCUT2D eigenvalue weighted by Crippen LogP contribution is -2.03. The van der Waals surface area contributed by atoms with E-state index in [0.29, 0.717) is 0 Å². The van der Waals surface area contributed by atoms with Crippen molar-refractivity contribution in [1.82, 2.24) is 9.97 Å². The van der Waals surface area contributed by atoms with E-state index in [2.05, 4.69) is 15.3 Å². The number of aromatic nitrogens is 2. The predicted octanol–water partition coefficient (Wildman–Crippen LogP) is 4.79. The van der Waals surface area contributed by atoms with Crippen LogP contribution >= 0.6 is 11.8 Å². The summed E-state index contributed by atoms with van der Waals surface area (Å²) in [5.74, 6) is -4.01. The van der Waals surface area contributed by atoms with Gasteiger partial charge in [-0.15, -0.1) is 0 Å². The Bertz CT molecular complexity index is 814. The fraction of sp³-hybridized carbons (Fsp3) is 0. The monoisotopic (exact) mass is 333 g/mol. The van der Waals surface area contributed by atoms with Crippen LogP contribution in [0.15, 0.2) is 64.6 Å². The predicted molar refractivity (Wildman–Crippen MR) is 82.2 cm³/mol. The molecule has 0 atom stereocenters. The summed E-state index contributed by atoms with van der Waals surface area (Å²) in [6.45, 7) is 0. The highest BCUT2D eigenvalue weighted by molar-refractivity contribution is 7.99. The molecule has 1 N–H and O–H groups in total. The average Bonchev–Trinajstić information content (AvgIpc) is 2.58. The van der Waals surface area contributed by atoms with E-state index in [1.54, 1.807) is 30.3 Å². The van der Waals surface area contributed by atoms with Gasteiger partial charge in [-0.25, -0.2) is 23.1 Å². The van der Waals surface area contributed by atoms with Crippen LogP contribution in [-0.4, -0.2) is 9.97 Å². The average molecular weight is 333 g/mol. The molecule has 3 rings (SSSR count). The van der Waals surface area contributed by atoms with Crippen molar-refractivity contribution in [3.8, 4) is 0 Å². The zero-order chi connectivity index (χ0) is 16.2. The van der Waals surface area contributed by atoms with E-state index >= 15 is 0 Å². The molecule has 1 heterocycles. The maximum atomic E-state index is 14.2. The van der Waals surface area contributed by atoms with Gasteiger partial charge >= 0.3 is 0 Å². The number of hydrogen-bond donors (Lipinski definition) is 1.